The minimum absolute atomic E-state index is 0.197. The molecule has 0 spiro atoms. The predicted molar refractivity (Wildman–Crippen MR) is 89.1 cm³/mol. The molecule has 2 unspecified atom stereocenters. The van der Waals surface area contributed by atoms with Gasteiger partial charge in [-0.05, 0) is 0 Å². The van der Waals surface area contributed by atoms with Gasteiger partial charge in [-0.2, -0.15) is 0 Å². The molecule has 0 amide bonds. The van der Waals surface area contributed by atoms with Gasteiger partial charge in [-0.3, -0.25) is 0 Å². The van der Waals surface area contributed by atoms with Gasteiger partial charge in [0.1, 0.15) is 0 Å². The second-order valence-electron chi connectivity index (χ2n) is 5.53. The van der Waals surface area contributed by atoms with Crippen molar-refractivity contribution in [1.82, 2.24) is 0 Å². The Morgan fingerprint density at radius 1 is 1.18 bits per heavy atom. The fourth-order valence-corrected chi connectivity index (χ4v) is 3.38. The first-order chi connectivity index (χ1) is 10.2. The quantitative estimate of drug-likeness (QED) is 0.578. The van der Waals surface area contributed by atoms with Gasteiger partial charge in [0, 0.05) is 0 Å². The molecule has 0 heterocycles. The van der Waals surface area contributed by atoms with Gasteiger partial charge in [0.05, 0.1) is 0 Å². The third-order valence-corrected chi connectivity index (χ3v) is 4.05. The minimum atomic E-state index is -2.62. The Morgan fingerprint density at radius 2 is 1.68 bits per heavy atom. The Hall–Kier alpha value is -0.723. The zero-order valence-electron chi connectivity index (χ0n) is 13.3. The van der Waals surface area contributed by atoms with Crippen LogP contribution in [0.4, 0.5) is 0 Å². The van der Waals surface area contributed by atoms with E-state index < -0.39 is 14.0 Å². The van der Waals surface area contributed by atoms with Crippen LogP contribution in [0.25, 0.3) is 0 Å². The molecule has 0 bridgehead atoms. The van der Waals surface area contributed by atoms with Crippen molar-refractivity contribution in [3.63, 3.8) is 0 Å². The van der Waals surface area contributed by atoms with E-state index in [9.17, 15) is 4.79 Å². The molecule has 0 saturated heterocycles. The summed E-state index contributed by atoms with van der Waals surface area (Å²) in [6, 6.07) is 10.1. The van der Waals surface area contributed by atoms with Crippen molar-refractivity contribution in [3.05, 3.63) is 59.2 Å². The van der Waals surface area contributed by atoms with E-state index in [0.29, 0.717) is 0 Å². The number of carbonyl (C=O) groups is 1. The molecule has 2 atom stereocenters. The number of benzene rings is 1. The SMILES string of the molecule is OP(O)O.[Li][C](=O)C1(c2ccccc2)C(C)=CC(C)=CC1C. The fourth-order valence-electron chi connectivity index (χ4n) is 3.38. The van der Waals surface area contributed by atoms with Crippen LogP contribution in [0, 0.1) is 5.92 Å². The topological polar surface area (TPSA) is 77.8 Å². The summed E-state index contributed by atoms with van der Waals surface area (Å²) in [5.74, 6) is 0.197. The van der Waals surface area contributed by atoms with Gasteiger partial charge in [-0.15, -0.1) is 0 Å². The molecule has 0 aromatic heterocycles. The van der Waals surface area contributed by atoms with Crippen molar-refractivity contribution in [2.24, 2.45) is 5.92 Å². The van der Waals surface area contributed by atoms with E-state index in [1.807, 2.05) is 18.2 Å². The molecule has 1 aliphatic rings. The zero-order chi connectivity index (χ0) is 16.9. The summed E-state index contributed by atoms with van der Waals surface area (Å²) in [6.45, 7) is 6.30. The van der Waals surface area contributed by atoms with Crippen molar-refractivity contribution in [2.45, 2.75) is 26.2 Å². The molecule has 2 rings (SSSR count). The molecule has 1 aromatic carbocycles. The molecule has 114 valence electrons. The first kappa shape index (κ1) is 19.3. The monoisotopic (exact) mass is 314 g/mol. The molecule has 22 heavy (non-hydrogen) atoms. The molecule has 0 aliphatic heterocycles. The number of hydrogen-bond acceptors (Lipinski definition) is 4. The van der Waals surface area contributed by atoms with Crippen LogP contribution in [0.2, 0.25) is 0 Å². The molecule has 1 aromatic rings. The summed E-state index contributed by atoms with van der Waals surface area (Å²) < 4.78 is 0.221. The van der Waals surface area contributed by atoms with E-state index in [-0.39, 0.29) is 10.4 Å². The van der Waals surface area contributed by atoms with Crippen LogP contribution < -0.4 is 0 Å². The van der Waals surface area contributed by atoms with Crippen molar-refractivity contribution in [3.8, 4) is 0 Å². The maximum absolute atomic E-state index is 12.4. The first-order valence-corrected chi connectivity index (χ1v) is 8.23. The van der Waals surface area contributed by atoms with Crippen LogP contribution in [-0.4, -0.2) is 36.9 Å². The summed E-state index contributed by atoms with van der Waals surface area (Å²) in [7, 11) is -2.62. The third-order valence-electron chi connectivity index (χ3n) is 4.05. The molecular formula is C16H20LiO4P. The predicted octanol–water partition coefficient (Wildman–Crippen LogP) is 2.35. The molecule has 0 saturated carbocycles. The summed E-state index contributed by atoms with van der Waals surface area (Å²) in [6.07, 6.45) is 4.33. The van der Waals surface area contributed by atoms with E-state index in [1.165, 1.54) is 5.57 Å². The van der Waals surface area contributed by atoms with Crippen LogP contribution in [-0.2, 0) is 10.2 Å². The maximum atomic E-state index is 12.4. The number of allylic oxidation sites excluding steroid dienone is 4. The number of carbonyl (C=O) groups excluding carboxylic acids is 1. The summed E-state index contributed by atoms with van der Waals surface area (Å²) in [5.41, 5.74) is 3.00. The summed E-state index contributed by atoms with van der Waals surface area (Å²) in [4.78, 5) is 34.1. The normalized spacial score (nSPS) is 24.1. The van der Waals surface area contributed by atoms with E-state index in [0.717, 1.165) is 11.1 Å². The number of hydrogen-bond donors (Lipinski definition) is 3. The van der Waals surface area contributed by atoms with Crippen molar-refractivity contribution in [2.75, 3.05) is 0 Å². The van der Waals surface area contributed by atoms with Crippen LogP contribution in [0.15, 0.2) is 53.6 Å². The zero-order valence-corrected chi connectivity index (χ0v) is 14.2. The third kappa shape index (κ3) is 4.17. The van der Waals surface area contributed by atoms with Gasteiger partial charge in [0.25, 0.3) is 0 Å². The van der Waals surface area contributed by atoms with Crippen molar-refractivity contribution in [1.29, 1.82) is 0 Å². The second-order valence-corrected chi connectivity index (χ2v) is 6.06. The summed E-state index contributed by atoms with van der Waals surface area (Å²) >= 11 is 1.70. The Balaban J connectivity index is 0.000000541. The molecule has 1 aliphatic carbocycles. The van der Waals surface area contributed by atoms with Gasteiger partial charge in [-0.1, -0.05) is 0 Å². The molecular weight excluding hydrogens is 294 g/mol. The van der Waals surface area contributed by atoms with Gasteiger partial charge >= 0.3 is 127 Å². The second kappa shape index (κ2) is 8.22. The number of rotatable bonds is 2. The molecule has 0 fully saturated rings. The van der Waals surface area contributed by atoms with Crippen LogP contribution in [0.5, 0.6) is 0 Å². The van der Waals surface area contributed by atoms with Crippen molar-refractivity contribution < 1.29 is 19.5 Å². The van der Waals surface area contributed by atoms with Gasteiger partial charge < -0.3 is 14.7 Å². The standard InChI is InChI=1S/C16H17O.Li.H3O3P/c1-12-9-13(2)16(11-17,14(3)10-12)15-7-5-4-6-8-15;;1-4(2)3/h4-10,13H,1-3H3;;1-3H. The van der Waals surface area contributed by atoms with Crippen LogP contribution in [0.1, 0.15) is 26.3 Å². The summed E-state index contributed by atoms with van der Waals surface area (Å²) in [5, 5.41) is 0. The first-order valence-electron chi connectivity index (χ1n) is 7.03. The van der Waals surface area contributed by atoms with Gasteiger partial charge in [0.2, 0.25) is 0 Å². The molecule has 4 nitrogen and oxygen atoms in total. The Morgan fingerprint density at radius 3 is 2.09 bits per heavy atom. The average Bonchev–Trinajstić information content (AvgIpc) is 2.38. The Kier molecular flexibility index (Phi) is 7.22. The van der Waals surface area contributed by atoms with E-state index in [1.54, 1.807) is 17.7 Å². The molecule has 0 radical (unpaired) electrons. The van der Waals surface area contributed by atoms with E-state index in [2.05, 4.69) is 45.1 Å². The van der Waals surface area contributed by atoms with Crippen LogP contribution >= 0.6 is 8.60 Å². The average molecular weight is 314 g/mol. The van der Waals surface area contributed by atoms with E-state index >= 15 is 0 Å². The Labute approximate surface area is 141 Å². The molecule has 6 heteroatoms. The Bertz CT molecular complexity index is 580. The molecule has 3 N–H and O–H groups in total. The van der Waals surface area contributed by atoms with E-state index in [4.69, 9.17) is 14.7 Å². The van der Waals surface area contributed by atoms with Gasteiger partial charge in [0.15, 0.2) is 0 Å². The fraction of sp³-hybridized carbons (Fsp3) is 0.312. The van der Waals surface area contributed by atoms with Gasteiger partial charge in [-0.25, -0.2) is 0 Å². The van der Waals surface area contributed by atoms with Crippen molar-refractivity contribution >= 4 is 30.8 Å². The van der Waals surface area contributed by atoms with Crippen LogP contribution in [0.3, 0.4) is 0 Å².